The molecule has 5 heteroatoms. The Morgan fingerprint density at radius 2 is 2.06 bits per heavy atom. The standard InChI is InChI=1S/C12H16N2O2S/c1-7-11(8(2)15)17-12(13-7)14-5-9-3-4-10(6-14)16-9/h9-10H,3-6H2,1-2H3. The zero-order valence-electron chi connectivity index (χ0n) is 10.1. The van der Waals surface area contributed by atoms with Crippen LogP contribution in [-0.2, 0) is 4.74 Å². The van der Waals surface area contributed by atoms with Gasteiger partial charge in [-0.15, -0.1) is 0 Å². The van der Waals surface area contributed by atoms with Crippen molar-refractivity contribution in [3.05, 3.63) is 10.6 Å². The number of rotatable bonds is 2. The molecule has 1 aromatic heterocycles. The molecule has 92 valence electrons. The fourth-order valence-electron chi connectivity index (χ4n) is 2.62. The van der Waals surface area contributed by atoms with E-state index in [1.165, 1.54) is 11.3 Å². The third-order valence-corrected chi connectivity index (χ3v) is 4.74. The Morgan fingerprint density at radius 3 is 2.59 bits per heavy atom. The molecule has 0 aromatic carbocycles. The number of aryl methyl sites for hydroxylation is 1. The number of hydrogen-bond donors (Lipinski definition) is 0. The smallest absolute Gasteiger partial charge is 0.186 e. The van der Waals surface area contributed by atoms with Crippen LogP contribution >= 0.6 is 11.3 Å². The Kier molecular flexibility index (Phi) is 2.67. The summed E-state index contributed by atoms with van der Waals surface area (Å²) in [6.07, 6.45) is 3.04. The SMILES string of the molecule is CC(=O)c1sc(N2CC3CCC(C2)O3)nc1C. The molecule has 2 fully saturated rings. The second-order valence-corrected chi connectivity index (χ2v) is 5.81. The molecular weight excluding hydrogens is 236 g/mol. The van der Waals surface area contributed by atoms with E-state index in [9.17, 15) is 4.79 Å². The van der Waals surface area contributed by atoms with Crippen molar-refractivity contribution in [2.45, 2.75) is 38.9 Å². The molecule has 0 saturated carbocycles. The predicted octanol–water partition coefficient (Wildman–Crippen LogP) is 2.02. The lowest BCUT2D eigenvalue weighted by atomic mass is 10.2. The second-order valence-electron chi connectivity index (χ2n) is 4.83. The molecule has 4 nitrogen and oxygen atoms in total. The van der Waals surface area contributed by atoms with E-state index in [1.54, 1.807) is 6.92 Å². The number of Topliss-reactive ketones (excluding diaryl/α,β-unsaturated/α-hetero) is 1. The minimum absolute atomic E-state index is 0.113. The Balaban J connectivity index is 1.84. The van der Waals surface area contributed by atoms with Gasteiger partial charge < -0.3 is 9.64 Å². The fourth-order valence-corrected chi connectivity index (χ4v) is 3.60. The van der Waals surface area contributed by atoms with Crippen molar-refractivity contribution in [3.63, 3.8) is 0 Å². The van der Waals surface area contributed by atoms with Gasteiger partial charge in [-0.1, -0.05) is 11.3 Å². The lowest BCUT2D eigenvalue weighted by molar-refractivity contribution is 0.0305. The van der Waals surface area contributed by atoms with Crippen LogP contribution in [0.2, 0.25) is 0 Å². The molecule has 0 amide bonds. The minimum Gasteiger partial charge on any atom is -0.371 e. The van der Waals surface area contributed by atoms with E-state index in [0.717, 1.165) is 41.6 Å². The van der Waals surface area contributed by atoms with Gasteiger partial charge in [-0.25, -0.2) is 4.98 Å². The van der Waals surface area contributed by atoms with Gasteiger partial charge >= 0.3 is 0 Å². The molecule has 0 aliphatic carbocycles. The number of carbonyl (C=O) groups is 1. The number of carbonyl (C=O) groups excluding carboxylic acids is 1. The van der Waals surface area contributed by atoms with Crippen LogP contribution < -0.4 is 4.90 Å². The van der Waals surface area contributed by atoms with Gasteiger partial charge in [0, 0.05) is 20.0 Å². The van der Waals surface area contributed by atoms with Gasteiger partial charge in [0.2, 0.25) is 0 Å². The van der Waals surface area contributed by atoms with Gasteiger partial charge in [0.05, 0.1) is 22.8 Å². The molecular formula is C12H16N2O2S. The van der Waals surface area contributed by atoms with Crippen LogP contribution in [0.1, 0.15) is 35.1 Å². The van der Waals surface area contributed by atoms with Gasteiger partial charge in [0.15, 0.2) is 10.9 Å². The first-order valence-corrected chi connectivity index (χ1v) is 6.84. The van der Waals surface area contributed by atoms with Crippen LogP contribution in [0.3, 0.4) is 0 Å². The highest BCUT2D eigenvalue weighted by Gasteiger charge is 2.35. The number of morpholine rings is 1. The van der Waals surface area contributed by atoms with Gasteiger partial charge in [0.25, 0.3) is 0 Å². The van der Waals surface area contributed by atoms with Crippen molar-refractivity contribution in [3.8, 4) is 0 Å². The van der Waals surface area contributed by atoms with Crippen molar-refractivity contribution in [1.29, 1.82) is 0 Å². The topological polar surface area (TPSA) is 42.4 Å². The van der Waals surface area contributed by atoms with E-state index < -0.39 is 0 Å². The van der Waals surface area contributed by atoms with Crippen LogP contribution in [0, 0.1) is 6.92 Å². The maximum Gasteiger partial charge on any atom is 0.186 e. The zero-order chi connectivity index (χ0) is 12.0. The molecule has 2 saturated heterocycles. The third kappa shape index (κ3) is 1.98. The fraction of sp³-hybridized carbons (Fsp3) is 0.667. The predicted molar refractivity (Wildman–Crippen MR) is 67.0 cm³/mol. The summed E-state index contributed by atoms with van der Waals surface area (Å²) < 4.78 is 5.80. The van der Waals surface area contributed by atoms with Crippen molar-refractivity contribution in [1.82, 2.24) is 4.98 Å². The van der Waals surface area contributed by atoms with Crippen molar-refractivity contribution in [2.24, 2.45) is 0 Å². The summed E-state index contributed by atoms with van der Waals surface area (Å²) >= 11 is 1.52. The van der Waals surface area contributed by atoms with E-state index in [-0.39, 0.29) is 5.78 Å². The molecule has 0 spiro atoms. The average Bonchev–Trinajstić information content (AvgIpc) is 2.82. The number of hydrogen-bond acceptors (Lipinski definition) is 5. The molecule has 2 bridgehead atoms. The van der Waals surface area contributed by atoms with E-state index in [1.807, 2.05) is 6.92 Å². The van der Waals surface area contributed by atoms with Gasteiger partial charge in [0.1, 0.15) is 0 Å². The average molecular weight is 252 g/mol. The summed E-state index contributed by atoms with van der Waals surface area (Å²) in [5.41, 5.74) is 0.858. The van der Waals surface area contributed by atoms with E-state index in [0.29, 0.717) is 12.2 Å². The van der Waals surface area contributed by atoms with E-state index in [2.05, 4.69) is 9.88 Å². The van der Waals surface area contributed by atoms with Crippen molar-refractivity contribution < 1.29 is 9.53 Å². The normalized spacial score (nSPS) is 27.5. The molecule has 3 heterocycles. The summed E-state index contributed by atoms with van der Waals surface area (Å²) in [7, 11) is 0. The zero-order valence-corrected chi connectivity index (χ0v) is 10.9. The van der Waals surface area contributed by atoms with E-state index >= 15 is 0 Å². The van der Waals surface area contributed by atoms with Crippen LogP contribution in [-0.4, -0.2) is 36.1 Å². The largest absolute Gasteiger partial charge is 0.371 e. The molecule has 2 aliphatic rings. The van der Waals surface area contributed by atoms with E-state index in [4.69, 9.17) is 4.74 Å². The maximum atomic E-state index is 11.4. The van der Waals surface area contributed by atoms with Crippen LogP contribution in [0.15, 0.2) is 0 Å². The first kappa shape index (κ1) is 11.2. The highest BCUT2D eigenvalue weighted by Crippen LogP contribution is 2.33. The summed E-state index contributed by atoms with van der Waals surface area (Å²) in [6, 6.07) is 0. The highest BCUT2D eigenvalue weighted by molar-refractivity contribution is 7.17. The Hall–Kier alpha value is -0.940. The summed E-state index contributed by atoms with van der Waals surface area (Å²) in [4.78, 5) is 19.0. The second kappa shape index (κ2) is 4.07. The maximum absolute atomic E-state index is 11.4. The van der Waals surface area contributed by atoms with Gasteiger partial charge in [-0.2, -0.15) is 0 Å². The van der Waals surface area contributed by atoms with Crippen molar-refractivity contribution in [2.75, 3.05) is 18.0 Å². The first-order valence-electron chi connectivity index (χ1n) is 6.02. The molecule has 0 N–H and O–H groups in total. The summed E-state index contributed by atoms with van der Waals surface area (Å²) in [6.45, 7) is 5.35. The minimum atomic E-state index is 0.113. The number of ether oxygens (including phenoxy) is 1. The number of ketones is 1. The molecule has 0 radical (unpaired) electrons. The monoisotopic (exact) mass is 252 g/mol. The van der Waals surface area contributed by atoms with Crippen LogP contribution in [0.5, 0.6) is 0 Å². The lowest BCUT2D eigenvalue weighted by Gasteiger charge is -2.31. The molecule has 2 atom stereocenters. The number of aromatic nitrogens is 1. The van der Waals surface area contributed by atoms with Crippen molar-refractivity contribution >= 4 is 22.3 Å². The molecule has 2 aliphatic heterocycles. The third-order valence-electron chi connectivity index (χ3n) is 3.42. The summed E-state index contributed by atoms with van der Waals surface area (Å²) in [5, 5.41) is 0.980. The Morgan fingerprint density at radius 1 is 1.41 bits per heavy atom. The number of thiazole rings is 1. The molecule has 17 heavy (non-hydrogen) atoms. The van der Waals surface area contributed by atoms with Crippen LogP contribution in [0.4, 0.5) is 5.13 Å². The van der Waals surface area contributed by atoms with Gasteiger partial charge in [-0.05, 0) is 19.8 Å². The first-order chi connectivity index (χ1) is 8.13. The summed E-state index contributed by atoms with van der Waals surface area (Å²) in [5.74, 6) is 0.113. The van der Waals surface area contributed by atoms with Crippen LogP contribution in [0.25, 0.3) is 0 Å². The molecule has 2 unspecified atom stereocenters. The quantitative estimate of drug-likeness (QED) is 0.755. The molecule has 1 aromatic rings. The molecule has 3 rings (SSSR count). The van der Waals surface area contributed by atoms with Gasteiger partial charge in [-0.3, -0.25) is 4.79 Å². The number of anilines is 1. The number of nitrogens with zero attached hydrogens (tertiary/aromatic N) is 2. The lowest BCUT2D eigenvalue weighted by Crippen LogP contribution is -2.42. The Labute approximate surface area is 105 Å². The Bertz CT molecular complexity index is 445. The number of fused-ring (bicyclic) bond motifs is 2. The highest BCUT2D eigenvalue weighted by atomic mass is 32.1.